The monoisotopic (exact) mass is 514 g/mol. The Hall–Kier alpha value is -2.54. The zero-order valence-electron chi connectivity index (χ0n) is 19.0. The number of H-pyrrole nitrogens is 1. The third-order valence-corrected chi connectivity index (χ3v) is 7.92. The summed E-state index contributed by atoms with van der Waals surface area (Å²) in [5, 5.41) is 1.42. The number of halogens is 2. The molecule has 4 aromatic rings. The van der Waals surface area contributed by atoms with Crippen LogP contribution < -0.4 is 15.0 Å². The van der Waals surface area contributed by atoms with Crippen molar-refractivity contribution in [3.05, 3.63) is 72.3 Å². The Balaban J connectivity index is 1.33. The Morgan fingerprint density at radius 2 is 1.74 bits per heavy atom. The zero-order valence-corrected chi connectivity index (χ0v) is 21.3. The molecule has 0 atom stereocenters. The van der Waals surface area contributed by atoms with Gasteiger partial charge in [-0.3, -0.25) is 4.79 Å². The molecule has 176 valence electrons. The third kappa shape index (κ3) is 4.54. The number of ether oxygens (including phenoxy) is 2. The largest absolute Gasteiger partial charge is 0.490 e. The summed E-state index contributed by atoms with van der Waals surface area (Å²) in [6.45, 7) is 4.75. The van der Waals surface area contributed by atoms with Crippen LogP contribution in [-0.2, 0) is 12.8 Å². The van der Waals surface area contributed by atoms with Gasteiger partial charge in [0.05, 0.1) is 15.4 Å². The van der Waals surface area contributed by atoms with Crippen LogP contribution in [0.3, 0.4) is 0 Å². The molecule has 2 aromatic carbocycles. The van der Waals surface area contributed by atoms with Gasteiger partial charge in [0, 0.05) is 10.4 Å². The number of hydrogen-bond acceptors (Lipinski definition) is 5. The Labute approximate surface area is 211 Å². The minimum Gasteiger partial charge on any atom is -0.490 e. The fourth-order valence-corrected chi connectivity index (χ4v) is 6.10. The van der Waals surface area contributed by atoms with Crippen LogP contribution in [0.25, 0.3) is 21.6 Å². The van der Waals surface area contributed by atoms with E-state index in [9.17, 15) is 4.79 Å². The molecule has 0 saturated heterocycles. The van der Waals surface area contributed by atoms with E-state index in [1.807, 2.05) is 25.1 Å². The quantitative estimate of drug-likeness (QED) is 0.284. The molecule has 0 unspecified atom stereocenters. The molecule has 1 aliphatic rings. The highest BCUT2D eigenvalue weighted by Gasteiger charge is 2.21. The van der Waals surface area contributed by atoms with Crippen LogP contribution in [0.15, 0.2) is 35.1 Å². The second-order valence-electron chi connectivity index (χ2n) is 8.52. The molecule has 5 nitrogen and oxygen atoms in total. The molecule has 2 heterocycles. The molecule has 0 bridgehead atoms. The number of rotatable bonds is 6. The number of benzene rings is 2. The van der Waals surface area contributed by atoms with Gasteiger partial charge in [-0.25, -0.2) is 4.98 Å². The first kappa shape index (κ1) is 23.2. The van der Waals surface area contributed by atoms with E-state index in [1.54, 1.807) is 23.5 Å². The van der Waals surface area contributed by atoms with Crippen molar-refractivity contribution in [1.82, 2.24) is 9.97 Å². The van der Waals surface area contributed by atoms with Crippen LogP contribution in [0.5, 0.6) is 11.5 Å². The lowest BCUT2D eigenvalue weighted by atomic mass is 9.97. The van der Waals surface area contributed by atoms with Gasteiger partial charge in [-0.15, -0.1) is 11.3 Å². The first-order valence-corrected chi connectivity index (χ1v) is 12.8. The molecule has 0 radical (unpaired) electrons. The van der Waals surface area contributed by atoms with Crippen LogP contribution in [0.4, 0.5) is 0 Å². The third-order valence-electron chi connectivity index (χ3n) is 6.17. The smallest absolute Gasteiger partial charge is 0.260 e. The van der Waals surface area contributed by atoms with Crippen molar-refractivity contribution in [2.45, 2.75) is 39.5 Å². The lowest BCUT2D eigenvalue weighted by Gasteiger charge is -2.13. The van der Waals surface area contributed by atoms with Crippen molar-refractivity contribution in [2.24, 2.45) is 0 Å². The van der Waals surface area contributed by atoms with Gasteiger partial charge in [0.15, 0.2) is 5.75 Å². The van der Waals surface area contributed by atoms with Gasteiger partial charge in [-0.2, -0.15) is 0 Å². The summed E-state index contributed by atoms with van der Waals surface area (Å²) < 4.78 is 11.6. The summed E-state index contributed by atoms with van der Waals surface area (Å²) in [7, 11) is 0. The first-order chi connectivity index (χ1) is 16.4. The second kappa shape index (κ2) is 9.61. The van der Waals surface area contributed by atoms with E-state index < -0.39 is 0 Å². The van der Waals surface area contributed by atoms with Crippen LogP contribution in [0.1, 0.15) is 34.4 Å². The van der Waals surface area contributed by atoms with E-state index >= 15 is 0 Å². The van der Waals surface area contributed by atoms with Crippen molar-refractivity contribution in [3.8, 4) is 22.9 Å². The first-order valence-electron chi connectivity index (χ1n) is 11.3. The number of thiophene rings is 1. The molecule has 0 spiro atoms. The van der Waals surface area contributed by atoms with Gasteiger partial charge in [0.1, 0.15) is 29.6 Å². The lowest BCUT2D eigenvalue weighted by molar-refractivity contribution is 0.217. The molecular weight excluding hydrogens is 491 g/mol. The minimum absolute atomic E-state index is 0.115. The fourth-order valence-electron chi connectivity index (χ4n) is 4.24. The van der Waals surface area contributed by atoms with E-state index in [0.29, 0.717) is 33.8 Å². The molecule has 8 heteroatoms. The van der Waals surface area contributed by atoms with Crippen molar-refractivity contribution in [1.29, 1.82) is 0 Å². The lowest BCUT2D eigenvalue weighted by Crippen LogP contribution is -2.11. The minimum atomic E-state index is -0.115. The molecule has 1 N–H and O–H groups in total. The summed E-state index contributed by atoms with van der Waals surface area (Å²) in [5.41, 5.74) is 4.08. The van der Waals surface area contributed by atoms with Crippen LogP contribution in [0, 0.1) is 13.8 Å². The van der Waals surface area contributed by atoms with Gasteiger partial charge in [0.2, 0.25) is 0 Å². The van der Waals surface area contributed by atoms with Crippen molar-refractivity contribution < 1.29 is 9.47 Å². The maximum atomic E-state index is 12.9. The molecule has 0 amide bonds. The molecule has 2 aromatic heterocycles. The molecule has 1 aliphatic carbocycles. The van der Waals surface area contributed by atoms with Crippen LogP contribution in [-0.4, -0.2) is 23.2 Å². The maximum absolute atomic E-state index is 12.9. The average Bonchev–Trinajstić information content (AvgIpc) is 3.19. The number of aryl methyl sites for hydroxylation is 4. The highest BCUT2D eigenvalue weighted by atomic mass is 35.5. The summed E-state index contributed by atoms with van der Waals surface area (Å²) in [6.07, 6.45) is 4.23. The highest BCUT2D eigenvalue weighted by Crippen LogP contribution is 2.38. The van der Waals surface area contributed by atoms with Gasteiger partial charge in [0.25, 0.3) is 5.56 Å². The Kier molecular flexibility index (Phi) is 6.56. The maximum Gasteiger partial charge on any atom is 0.260 e. The standard InChI is InChI=1S/C26H24Cl2N2O3S/c1-14-7-8-17(11-15(14)2)32-9-10-33-23-19(27)12-16(13-20(23)28)24-29-25(31)22-18-5-3-4-6-21(18)34-26(22)30-24/h7-8,11-13H,3-6,9-10H2,1-2H3,(H,29,30,31). The number of nitrogens with one attached hydrogen (secondary N) is 1. The molecule has 34 heavy (non-hydrogen) atoms. The Morgan fingerprint density at radius 3 is 2.50 bits per heavy atom. The number of aromatic nitrogens is 2. The predicted molar refractivity (Wildman–Crippen MR) is 139 cm³/mol. The van der Waals surface area contributed by atoms with Crippen molar-refractivity contribution >= 4 is 44.8 Å². The topological polar surface area (TPSA) is 64.2 Å². The zero-order chi connectivity index (χ0) is 23.8. The van der Waals surface area contributed by atoms with E-state index in [-0.39, 0.29) is 12.2 Å². The number of nitrogens with zero attached hydrogens (tertiary/aromatic N) is 1. The van der Waals surface area contributed by atoms with Gasteiger partial charge in [-0.05, 0) is 80.5 Å². The van der Waals surface area contributed by atoms with E-state index in [1.165, 1.54) is 16.0 Å². The van der Waals surface area contributed by atoms with E-state index in [4.69, 9.17) is 37.7 Å². The average molecular weight is 515 g/mol. The van der Waals surface area contributed by atoms with E-state index in [0.717, 1.165) is 47.2 Å². The van der Waals surface area contributed by atoms with Crippen molar-refractivity contribution in [3.63, 3.8) is 0 Å². The summed E-state index contributed by atoms with van der Waals surface area (Å²) in [6, 6.07) is 9.39. The molecule has 5 rings (SSSR count). The van der Waals surface area contributed by atoms with Gasteiger partial charge >= 0.3 is 0 Å². The normalized spacial score (nSPS) is 13.2. The van der Waals surface area contributed by atoms with Crippen LogP contribution in [0.2, 0.25) is 10.0 Å². The van der Waals surface area contributed by atoms with Crippen molar-refractivity contribution in [2.75, 3.05) is 13.2 Å². The SMILES string of the molecule is Cc1ccc(OCCOc2c(Cl)cc(-c3nc4sc5c(c4c(=O)[nH]3)CCCC5)cc2Cl)cc1C. The molecule has 0 fully saturated rings. The molecule has 0 saturated carbocycles. The number of hydrogen-bond donors (Lipinski definition) is 1. The number of fused-ring (bicyclic) bond motifs is 3. The second-order valence-corrected chi connectivity index (χ2v) is 10.4. The van der Waals surface area contributed by atoms with Gasteiger partial charge in [-0.1, -0.05) is 29.3 Å². The number of aromatic amines is 1. The Bertz CT molecular complexity index is 1420. The van der Waals surface area contributed by atoms with Gasteiger partial charge < -0.3 is 14.5 Å². The summed E-state index contributed by atoms with van der Waals surface area (Å²) in [5.74, 6) is 1.62. The van der Waals surface area contributed by atoms with Crippen LogP contribution >= 0.6 is 34.5 Å². The van der Waals surface area contributed by atoms with E-state index in [2.05, 4.69) is 11.9 Å². The summed E-state index contributed by atoms with van der Waals surface area (Å²) in [4.78, 5) is 22.6. The predicted octanol–water partition coefficient (Wildman–Crippen LogP) is 6.91. The highest BCUT2D eigenvalue weighted by molar-refractivity contribution is 7.18. The molecular formula is C26H24Cl2N2O3S. The fraction of sp³-hybridized carbons (Fsp3) is 0.308. The summed E-state index contributed by atoms with van der Waals surface area (Å²) >= 11 is 14.6. The Morgan fingerprint density at radius 1 is 1.00 bits per heavy atom. The molecule has 0 aliphatic heterocycles.